The standard InChI is InChI=1S/C37H46N2O5S/c1-22(2)30-21-45-35(39-30)29-19-33(27-13-14-32(43-4)23(3)34(27)38-29)44-26-17-24-15-16-37(36(41)42)20-25(37)11-9-7-5-6-8-10-12-31(40)28(24)18-26/h9,11,13-14,19,21-22,24-26,28H,5-8,10,12,15-18,20H2,1-4H3,(H,41,42)/b11-9-/t24-,25?,26-,28-,37+/m1/s1. The Balaban J connectivity index is 1.30. The summed E-state index contributed by atoms with van der Waals surface area (Å²) in [4.78, 5) is 36.0. The van der Waals surface area contributed by atoms with Crippen molar-refractivity contribution in [3.05, 3.63) is 47.0 Å². The SMILES string of the molecule is COc1ccc2c(O[C@@H]3C[C@H]4CC[C@]5(C(=O)O)CC5/C=C\CCCCCCC(=O)[C@@H]4C3)cc(-c3nc(C(C)C)cs3)nc2c1C. The van der Waals surface area contributed by atoms with Crippen LogP contribution in [0.25, 0.3) is 21.6 Å². The van der Waals surface area contributed by atoms with Crippen LogP contribution in [0.3, 0.4) is 0 Å². The highest BCUT2D eigenvalue weighted by molar-refractivity contribution is 7.13. The van der Waals surface area contributed by atoms with Gasteiger partial charge in [-0.2, -0.15) is 0 Å². The van der Waals surface area contributed by atoms with Crippen LogP contribution in [-0.4, -0.2) is 40.0 Å². The molecule has 3 aromatic rings. The molecule has 3 aliphatic rings. The first-order valence-corrected chi connectivity index (χ1v) is 17.6. The van der Waals surface area contributed by atoms with Crippen LogP contribution in [-0.2, 0) is 9.59 Å². The van der Waals surface area contributed by atoms with E-state index in [9.17, 15) is 14.7 Å². The number of Topliss-reactive ketones (excluding diaryl/α,β-unsaturated/α-hetero) is 1. The number of carboxylic acids is 1. The van der Waals surface area contributed by atoms with Gasteiger partial charge < -0.3 is 14.6 Å². The number of aromatic nitrogens is 2. The van der Waals surface area contributed by atoms with Gasteiger partial charge in [-0.05, 0) is 88.2 Å². The molecule has 2 heterocycles. The van der Waals surface area contributed by atoms with Gasteiger partial charge in [0.15, 0.2) is 0 Å². The number of rotatable bonds is 6. The van der Waals surface area contributed by atoms with Gasteiger partial charge in [0.1, 0.15) is 28.0 Å². The smallest absolute Gasteiger partial charge is 0.310 e. The van der Waals surface area contributed by atoms with Crippen LogP contribution in [0.15, 0.2) is 35.7 Å². The van der Waals surface area contributed by atoms with E-state index in [1.807, 2.05) is 25.1 Å². The van der Waals surface area contributed by atoms with Gasteiger partial charge in [-0.3, -0.25) is 9.59 Å². The minimum Gasteiger partial charge on any atom is -0.496 e. The summed E-state index contributed by atoms with van der Waals surface area (Å²) in [5.41, 5.74) is 2.90. The number of aliphatic carboxylic acids is 1. The summed E-state index contributed by atoms with van der Waals surface area (Å²) >= 11 is 1.59. The Hall–Kier alpha value is -3.26. The van der Waals surface area contributed by atoms with Crippen molar-refractivity contribution in [2.75, 3.05) is 7.11 Å². The molecule has 0 spiro atoms. The maximum Gasteiger partial charge on any atom is 0.310 e. The van der Waals surface area contributed by atoms with Crippen LogP contribution in [0.4, 0.5) is 0 Å². The summed E-state index contributed by atoms with van der Waals surface area (Å²) in [6, 6.07) is 5.96. The zero-order valence-corrected chi connectivity index (χ0v) is 27.8. The van der Waals surface area contributed by atoms with E-state index in [4.69, 9.17) is 19.4 Å². The largest absolute Gasteiger partial charge is 0.496 e. The second kappa shape index (κ2) is 13.2. The zero-order valence-electron chi connectivity index (χ0n) is 27.0. The van der Waals surface area contributed by atoms with Crippen molar-refractivity contribution in [2.45, 2.75) is 103 Å². The summed E-state index contributed by atoms with van der Waals surface area (Å²) in [5, 5.41) is 14.1. The second-order valence-electron chi connectivity index (χ2n) is 13.8. The molecular formula is C37H46N2O5S. The lowest BCUT2D eigenvalue weighted by Gasteiger charge is -2.20. The molecule has 1 aromatic carbocycles. The van der Waals surface area contributed by atoms with E-state index in [0.717, 1.165) is 89.3 Å². The topological polar surface area (TPSA) is 98.6 Å². The summed E-state index contributed by atoms with van der Waals surface area (Å²) in [6.45, 7) is 6.29. The first-order valence-electron chi connectivity index (χ1n) is 16.7. The van der Waals surface area contributed by atoms with Crippen LogP contribution >= 0.6 is 11.3 Å². The third kappa shape index (κ3) is 6.53. The van der Waals surface area contributed by atoms with Gasteiger partial charge in [0.05, 0.1) is 29.8 Å². The Morgan fingerprint density at radius 3 is 2.69 bits per heavy atom. The monoisotopic (exact) mass is 630 g/mol. The molecule has 2 saturated carbocycles. The van der Waals surface area contributed by atoms with E-state index in [0.29, 0.717) is 37.4 Å². The van der Waals surface area contributed by atoms with Gasteiger partial charge in [0, 0.05) is 34.7 Å². The number of carbonyl (C=O) groups excluding carboxylic acids is 1. The number of carboxylic acid groups (broad SMARTS) is 1. The number of carbonyl (C=O) groups is 2. The highest BCUT2D eigenvalue weighted by Gasteiger charge is 2.59. The van der Waals surface area contributed by atoms with E-state index in [1.165, 1.54) is 0 Å². The molecule has 0 aliphatic heterocycles. The molecule has 2 aromatic heterocycles. The van der Waals surface area contributed by atoms with Crippen molar-refractivity contribution < 1.29 is 24.2 Å². The Morgan fingerprint density at radius 2 is 1.93 bits per heavy atom. The van der Waals surface area contributed by atoms with Crippen molar-refractivity contribution in [2.24, 2.45) is 23.2 Å². The lowest BCUT2D eigenvalue weighted by molar-refractivity contribution is -0.144. The number of benzene rings is 1. The lowest BCUT2D eigenvalue weighted by atomic mass is 9.83. The molecule has 6 rings (SSSR count). The van der Waals surface area contributed by atoms with E-state index >= 15 is 0 Å². The Kier molecular flexibility index (Phi) is 9.32. The van der Waals surface area contributed by atoms with E-state index in [-0.39, 0.29) is 23.9 Å². The fourth-order valence-electron chi connectivity index (χ4n) is 7.57. The number of aryl methyl sites for hydroxylation is 1. The summed E-state index contributed by atoms with van der Waals surface area (Å²) < 4.78 is 12.5. The van der Waals surface area contributed by atoms with Gasteiger partial charge in [0.25, 0.3) is 0 Å². The van der Waals surface area contributed by atoms with Gasteiger partial charge in [0.2, 0.25) is 0 Å². The molecule has 0 radical (unpaired) electrons. The van der Waals surface area contributed by atoms with Crippen LogP contribution in [0, 0.1) is 30.1 Å². The Labute approximate surface area is 270 Å². The maximum absolute atomic E-state index is 13.6. The third-order valence-electron chi connectivity index (χ3n) is 10.5. The molecule has 2 fully saturated rings. The molecule has 7 nitrogen and oxygen atoms in total. The first-order chi connectivity index (χ1) is 21.7. The highest BCUT2D eigenvalue weighted by atomic mass is 32.1. The van der Waals surface area contributed by atoms with Crippen molar-refractivity contribution in [3.8, 4) is 22.2 Å². The number of pyridine rings is 1. The Morgan fingerprint density at radius 1 is 1.11 bits per heavy atom. The number of hydrogen-bond acceptors (Lipinski definition) is 7. The average Bonchev–Trinajstić information content (AvgIpc) is 3.31. The summed E-state index contributed by atoms with van der Waals surface area (Å²) in [5.74, 6) is 1.59. The van der Waals surface area contributed by atoms with Crippen molar-refractivity contribution in [3.63, 3.8) is 0 Å². The molecule has 0 saturated heterocycles. The normalized spacial score (nSPS) is 28.2. The summed E-state index contributed by atoms with van der Waals surface area (Å²) in [6.07, 6.45) is 13.4. The molecule has 0 bridgehead atoms. The first kappa shape index (κ1) is 31.7. The average molecular weight is 631 g/mol. The third-order valence-corrected chi connectivity index (χ3v) is 11.4. The minimum absolute atomic E-state index is 0.0966. The maximum atomic E-state index is 13.6. The van der Waals surface area contributed by atoms with Crippen LogP contribution in [0.1, 0.15) is 102 Å². The molecule has 1 N–H and O–H groups in total. The number of nitrogens with zero attached hydrogens (tertiary/aromatic N) is 2. The highest BCUT2D eigenvalue weighted by Crippen LogP contribution is 2.58. The predicted molar refractivity (Wildman–Crippen MR) is 178 cm³/mol. The molecule has 240 valence electrons. The van der Waals surface area contributed by atoms with Gasteiger partial charge in [-0.1, -0.05) is 38.8 Å². The molecule has 3 aliphatic carbocycles. The Bertz CT molecular complexity index is 1590. The fraction of sp³-hybridized carbons (Fsp3) is 0.568. The quantitative estimate of drug-likeness (QED) is 0.272. The number of allylic oxidation sites excluding steroid dienone is 2. The number of hydrogen-bond donors (Lipinski definition) is 1. The molecule has 8 heteroatoms. The molecule has 45 heavy (non-hydrogen) atoms. The van der Waals surface area contributed by atoms with E-state index in [2.05, 4.69) is 31.4 Å². The second-order valence-corrected chi connectivity index (χ2v) is 14.6. The number of ether oxygens (including phenoxy) is 2. The van der Waals surface area contributed by atoms with E-state index in [1.54, 1.807) is 18.4 Å². The molecule has 1 unspecified atom stereocenters. The minimum atomic E-state index is -0.695. The predicted octanol–water partition coefficient (Wildman–Crippen LogP) is 8.92. The van der Waals surface area contributed by atoms with Crippen LogP contribution in [0.2, 0.25) is 0 Å². The van der Waals surface area contributed by atoms with Crippen LogP contribution in [0.5, 0.6) is 11.5 Å². The van der Waals surface area contributed by atoms with E-state index < -0.39 is 11.4 Å². The number of ketones is 1. The zero-order chi connectivity index (χ0) is 31.7. The fourth-order valence-corrected chi connectivity index (χ4v) is 8.51. The van der Waals surface area contributed by atoms with Gasteiger partial charge >= 0.3 is 5.97 Å². The van der Waals surface area contributed by atoms with Crippen LogP contribution < -0.4 is 9.47 Å². The summed E-state index contributed by atoms with van der Waals surface area (Å²) in [7, 11) is 1.67. The van der Waals surface area contributed by atoms with Gasteiger partial charge in [-0.15, -0.1) is 11.3 Å². The molecule has 0 amide bonds. The molecule has 5 atom stereocenters. The number of thiazole rings is 1. The number of methoxy groups -OCH3 is 1. The van der Waals surface area contributed by atoms with Crippen molar-refractivity contribution in [1.29, 1.82) is 0 Å². The lowest BCUT2D eigenvalue weighted by Crippen LogP contribution is -2.23. The number of fused-ring (bicyclic) bond motifs is 3. The van der Waals surface area contributed by atoms with Crippen molar-refractivity contribution >= 4 is 34.0 Å². The van der Waals surface area contributed by atoms with Crippen molar-refractivity contribution in [1.82, 2.24) is 9.97 Å². The molecular weight excluding hydrogens is 584 g/mol. The van der Waals surface area contributed by atoms with Gasteiger partial charge in [-0.25, -0.2) is 9.97 Å².